The van der Waals surface area contributed by atoms with E-state index >= 15 is 0 Å². The van der Waals surface area contributed by atoms with Gasteiger partial charge in [0.2, 0.25) is 5.88 Å². The molecule has 6 nitrogen and oxygen atoms in total. The number of fused-ring (bicyclic) bond motifs is 1. The fourth-order valence-corrected chi connectivity index (χ4v) is 1.05. The number of H-pyrrole nitrogens is 1. The molecule has 0 amide bonds. The average molecular weight is 192 g/mol. The Labute approximate surface area is 79.0 Å². The molecule has 0 aromatic carbocycles. The molecule has 2 aromatic rings. The maximum absolute atomic E-state index is 11.3. The molecule has 0 aliphatic heterocycles. The summed E-state index contributed by atoms with van der Waals surface area (Å²) in [6.07, 6.45) is 2.73. The van der Waals surface area contributed by atoms with Crippen LogP contribution in [0, 0.1) is 0 Å². The topological polar surface area (TPSA) is 80.8 Å². The van der Waals surface area contributed by atoms with E-state index in [1.165, 1.54) is 12.5 Å². The number of nitrogens with one attached hydrogen (secondary N) is 1. The zero-order chi connectivity index (χ0) is 9.97. The fourth-order valence-electron chi connectivity index (χ4n) is 1.05. The Hall–Kier alpha value is -1.98. The molecular formula is C8H8N4O2. The molecule has 0 aliphatic carbocycles. The maximum atomic E-state index is 11.3. The van der Waals surface area contributed by atoms with Gasteiger partial charge in [-0.3, -0.25) is 4.79 Å². The van der Waals surface area contributed by atoms with E-state index in [0.29, 0.717) is 18.1 Å². The molecule has 0 unspecified atom stereocenters. The van der Waals surface area contributed by atoms with Crippen LogP contribution in [0.25, 0.3) is 11.2 Å². The molecule has 14 heavy (non-hydrogen) atoms. The lowest BCUT2D eigenvalue weighted by Crippen LogP contribution is -2.10. The van der Waals surface area contributed by atoms with Crippen molar-refractivity contribution < 1.29 is 4.74 Å². The van der Waals surface area contributed by atoms with Crippen LogP contribution in [0.1, 0.15) is 6.92 Å². The second kappa shape index (κ2) is 3.41. The summed E-state index contributed by atoms with van der Waals surface area (Å²) < 4.78 is 5.11. The minimum Gasteiger partial charge on any atom is -0.477 e. The Kier molecular flexibility index (Phi) is 2.10. The van der Waals surface area contributed by atoms with Crippen LogP contribution in [0.15, 0.2) is 17.3 Å². The van der Waals surface area contributed by atoms with Gasteiger partial charge in [0.1, 0.15) is 0 Å². The summed E-state index contributed by atoms with van der Waals surface area (Å²) in [5, 5.41) is 0. The number of nitrogens with zero attached hydrogens (tertiary/aromatic N) is 3. The highest BCUT2D eigenvalue weighted by atomic mass is 16.5. The molecule has 0 spiro atoms. The third-order valence-electron chi connectivity index (χ3n) is 1.62. The molecular weight excluding hydrogens is 184 g/mol. The monoisotopic (exact) mass is 192 g/mol. The molecule has 0 saturated carbocycles. The summed E-state index contributed by atoms with van der Waals surface area (Å²) in [4.78, 5) is 25.5. The van der Waals surface area contributed by atoms with Gasteiger partial charge in [-0.15, -0.1) is 0 Å². The summed E-state index contributed by atoms with van der Waals surface area (Å²) in [6, 6.07) is 0. The molecule has 0 aliphatic rings. The molecule has 0 radical (unpaired) electrons. The Morgan fingerprint density at radius 1 is 1.50 bits per heavy atom. The molecule has 2 rings (SSSR count). The first-order valence-electron chi connectivity index (χ1n) is 4.14. The SMILES string of the molecule is CCOc1cnc2nc[nH]c(=O)c2n1. The van der Waals surface area contributed by atoms with Gasteiger partial charge in [0, 0.05) is 0 Å². The number of aromatic nitrogens is 4. The van der Waals surface area contributed by atoms with Gasteiger partial charge >= 0.3 is 0 Å². The van der Waals surface area contributed by atoms with Gasteiger partial charge in [0.05, 0.1) is 19.1 Å². The second-order valence-electron chi connectivity index (χ2n) is 2.55. The molecule has 0 fully saturated rings. The summed E-state index contributed by atoms with van der Waals surface area (Å²) in [5.41, 5.74) is 0.194. The van der Waals surface area contributed by atoms with Crippen LogP contribution in [0.2, 0.25) is 0 Å². The lowest BCUT2D eigenvalue weighted by Gasteiger charge is -2.00. The fraction of sp³-hybridized carbons (Fsp3) is 0.250. The van der Waals surface area contributed by atoms with Crippen LogP contribution in [-0.2, 0) is 0 Å². The highest BCUT2D eigenvalue weighted by molar-refractivity contribution is 5.67. The van der Waals surface area contributed by atoms with Gasteiger partial charge in [-0.2, -0.15) is 0 Å². The summed E-state index contributed by atoms with van der Waals surface area (Å²) >= 11 is 0. The van der Waals surface area contributed by atoms with Gasteiger partial charge < -0.3 is 9.72 Å². The number of hydrogen-bond donors (Lipinski definition) is 1. The quantitative estimate of drug-likeness (QED) is 0.730. The minimum atomic E-state index is -0.316. The zero-order valence-electron chi connectivity index (χ0n) is 7.52. The lowest BCUT2D eigenvalue weighted by molar-refractivity contribution is 0.326. The molecule has 0 bridgehead atoms. The predicted molar refractivity (Wildman–Crippen MR) is 49.1 cm³/mol. The van der Waals surface area contributed by atoms with E-state index in [4.69, 9.17) is 4.74 Å². The first kappa shape index (κ1) is 8.61. The lowest BCUT2D eigenvalue weighted by atomic mass is 10.5. The van der Waals surface area contributed by atoms with Crippen LogP contribution in [0.5, 0.6) is 5.88 Å². The Morgan fingerprint density at radius 2 is 2.36 bits per heavy atom. The van der Waals surface area contributed by atoms with Gasteiger partial charge in [0.25, 0.3) is 5.56 Å². The maximum Gasteiger partial charge on any atom is 0.279 e. The molecule has 2 heterocycles. The number of aromatic amines is 1. The Balaban J connectivity index is 2.64. The van der Waals surface area contributed by atoms with Crippen molar-refractivity contribution in [2.75, 3.05) is 6.61 Å². The minimum absolute atomic E-state index is 0.193. The molecule has 6 heteroatoms. The van der Waals surface area contributed by atoms with E-state index < -0.39 is 0 Å². The van der Waals surface area contributed by atoms with E-state index in [0.717, 1.165) is 0 Å². The Bertz CT molecular complexity index is 508. The molecule has 72 valence electrons. The van der Waals surface area contributed by atoms with E-state index in [9.17, 15) is 4.79 Å². The first-order valence-corrected chi connectivity index (χ1v) is 4.14. The van der Waals surface area contributed by atoms with Gasteiger partial charge in [-0.05, 0) is 6.92 Å². The normalized spacial score (nSPS) is 10.4. The summed E-state index contributed by atoms with van der Waals surface area (Å²) in [7, 11) is 0. The van der Waals surface area contributed by atoms with Gasteiger partial charge in [-0.25, -0.2) is 15.0 Å². The number of rotatable bonds is 2. The molecule has 0 atom stereocenters. The highest BCUT2D eigenvalue weighted by Crippen LogP contribution is 2.06. The van der Waals surface area contributed by atoms with Crippen LogP contribution < -0.4 is 10.3 Å². The third kappa shape index (κ3) is 1.41. The van der Waals surface area contributed by atoms with Crippen molar-refractivity contribution in [2.24, 2.45) is 0 Å². The highest BCUT2D eigenvalue weighted by Gasteiger charge is 2.03. The number of ether oxygens (including phenoxy) is 1. The molecule has 2 aromatic heterocycles. The van der Waals surface area contributed by atoms with Crippen molar-refractivity contribution in [1.29, 1.82) is 0 Å². The van der Waals surface area contributed by atoms with Crippen molar-refractivity contribution in [3.63, 3.8) is 0 Å². The van der Waals surface area contributed by atoms with E-state index in [2.05, 4.69) is 19.9 Å². The number of hydrogen-bond acceptors (Lipinski definition) is 5. The van der Waals surface area contributed by atoms with Crippen molar-refractivity contribution in [2.45, 2.75) is 6.92 Å². The van der Waals surface area contributed by atoms with Crippen molar-refractivity contribution in [1.82, 2.24) is 19.9 Å². The Morgan fingerprint density at radius 3 is 3.14 bits per heavy atom. The smallest absolute Gasteiger partial charge is 0.279 e. The molecule has 1 N–H and O–H groups in total. The summed E-state index contributed by atoms with van der Waals surface area (Å²) in [5.74, 6) is 0.332. The van der Waals surface area contributed by atoms with Gasteiger partial charge in [-0.1, -0.05) is 0 Å². The van der Waals surface area contributed by atoms with Crippen LogP contribution in [0.3, 0.4) is 0 Å². The zero-order valence-corrected chi connectivity index (χ0v) is 7.52. The van der Waals surface area contributed by atoms with Crippen molar-refractivity contribution in [3.05, 3.63) is 22.9 Å². The predicted octanol–water partition coefficient (Wildman–Crippen LogP) is 0.112. The third-order valence-corrected chi connectivity index (χ3v) is 1.62. The van der Waals surface area contributed by atoms with Gasteiger partial charge in [0.15, 0.2) is 11.2 Å². The first-order chi connectivity index (χ1) is 6.81. The average Bonchev–Trinajstić information content (AvgIpc) is 2.20. The van der Waals surface area contributed by atoms with Crippen molar-refractivity contribution >= 4 is 11.2 Å². The van der Waals surface area contributed by atoms with Crippen LogP contribution in [-0.4, -0.2) is 26.5 Å². The standard InChI is InChI=1S/C8H8N4O2/c1-2-14-5-3-9-7-6(12-5)8(13)11-4-10-7/h3-4H,2H2,1H3,(H,9,10,11,13). The van der Waals surface area contributed by atoms with Crippen LogP contribution >= 0.6 is 0 Å². The second-order valence-corrected chi connectivity index (χ2v) is 2.55. The largest absolute Gasteiger partial charge is 0.477 e. The van der Waals surface area contributed by atoms with E-state index in [1.54, 1.807) is 0 Å². The molecule has 0 saturated heterocycles. The van der Waals surface area contributed by atoms with E-state index in [-0.39, 0.29) is 11.1 Å². The van der Waals surface area contributed by atoms with Crippen LogP contribution in [0.4, 0.5) is 0 Å². The van der Waals surface area contributed by atoms with E-state index in [1.807, 2.05) is 6.92 Å². The summed E-state index contributed by atoms with van der Waals surface area (Å²) in [6.45, 7) is 2.32. The van der Waals surface area contributed by atoms with Crippen molar-refractivity contribution in [3.8, 4) is 5.88 Å².